The van der Waals surface area contributed by atoms with Gasteiger partial charge in [0, 0.05) is 17.9 Å². The summed E-state index contributed by atoms with van der Waals surface area (Å²) in [6.45, 7) is 0.471. The minimum Gasteiger partial charge on any atom is -0.465 e. The van der Waals surface area contributed by atoms with Crippen LogP contribution in [0, 0.1) is 0 Å². The number of hydrogen-bond acceptors (Lipinski definition) is 4. The van der Waals surface area contributed by atoms with Crippen LogP contribution in [0.5, 0.6) is 0 Å². The Kier molecular flexibility index (Phi) is 3.72. The molecule has 0 fully saturated rings. The van der Waals surface area contributed by atoms with Crippen molar-refractivity contribution in [1.29, 1.82) is 0 Å². The molecule has 2 amide bonds. The van der Waals surface area contributed by atoms with Crippen LogP contribution < -0.4 is 15.9 Å². The quantitative estimate of drug-likeness (QED) is 0.615. The highest BCUT2D eigenvalue weighted by atomic mass is 16.5. The summed E-state index contributed by atoms with van der Waals surface area (Å²) in [6, 6.07) is 10.1. The Balaban J connectivity index is 1.60. The lowest BCUT2D eigenvalue weighted by atomic mass is 10.1. The molecule has 2 aromatic carbocycles. The van der Waals surface area contributed by atoms with E-state index in [2.05, 4.69) is 15.3 Å². The molecule has 8 nitrogen and oxygen atoms in total. The van der Waals surface area contributed by atoms with Crippen LogP contribution in [-0.4, -0.2) is 35.6 Å². The van der Waals surface area contributed by atoms with Crippen LogP contribution in [0.1, 0.15) is 15.9 Å². The third-order valence-electron chi connectivity index (χ3n) is 4.45. The van der Waals surface area contributed by atoms with Gasteiger partial charge in [0.1, 0.15) is 0 Å². The van der Waals surface area contributed by atoms with Gasteiger partial charge in [-0.3, -0.25) is 4.90 Å². The number of carbonyl (C=O) groups is 2. The van der Waals surface area contributed by atoms with Crippen LogP contribution in [0.3, 0.4) is 0 Å². The van der Waals surface area contributed by atoms with Crippen molar-refractivity contribution in [2.24, 2.45) is 0 Å². The van der Waals surface area contributed by atoms with E-state index in [4.69, 9.17) is 4.74 Å². The SMILES string of the molecule is COC(=O)c1cccc2c1CCN2C(=O)Nc1ccc2[nH]c(=O)[nH]c2c1. The number of anilines is 2. The van der Waals surface area contributed by atoms with Crippen molar-refractivity contribution in [3.05, 3.63) is 58.0 Å². The lowest BCUT2D eigenvalue weighted by Crippen LogP contribution is -2.33. The number of H-pyrrole nitrogens is 2. The molecule has 3 aromatic rings. The molecule has 1 aliphatic rings. The zero-order chi connectivity index (χ0) is 18.3. The zero-order valence-corrected chi connectivity index (χ0v) is 14.0. The van der Waals surface area contributed by atoms with Crippen molar-refractivity contribution in [1.82, 2.24) is 9.97 Å². The van der Waals surface area contributed by atoms with Crippen LogP contribution in [0.25, 0.3) is 11.0 Å². The van der Waals surface area contributed by atoms with E-state index in [-0.39, 0.29) is 11.7 Å². The molecular weight excluding hydrogens is 336 g/mol. The molecule has 0 saturated heterocycles. The third kappa shape index (κ3) is 2.61. The number of rotatable bonds is 2. The smallest absolute Gasteiger partial charge is 0.338 e. The van der Waals surface area contributed by atoms with Gasteiger partial charge in [0.25, 0.3) is 0 Å². The summed E-state index contributed by atoms with van der Waals surface area (Å²) in [5.74, 6) is -0.411. The fraction of sp³-hybridized carbons (Fsp3) is 0.167. The standard InChI is InChI=1S/C18H16N4O4/c1-26-16(23)12-3-2-4-15-11(12)7-8-22(15)18(25)19-10-5-6-13-14(9-10)21-17(24)20-13/h2-6,9H,7-8H2,1H3,(H,19,25)(H2,20,21,24). The Bertz CT molecular complexity index is 1080. The number of aromatic amines is 2. The molecule has 0 spiro atoms. The lowest BCUT2D eigenvalue weighted by molar-refractivity contribution is 0.0599. The maximum absolute atomic E-state index is 12.7. The van der Waals surface area contributed by atoms with Crippen LogP contribution in [0.15, 0.2) is 41.2 Å². The van der Waals surface area contributed by atoms with E-state index < -0.39 is 5.97 Å². The van der Waals surface area contributed by atoms with E-state index in [1.54, 1.807) is 41.3 Å². The maximum atomic E-state index is 12.7. The highest BCUT2D eigenvalue weighted by Crippen LogP contribution is 2.31. The number of benzene rings is 2. The number of aromatic nitrogens is 2. The molecule has 0 saturated carbocycles. The molecule has 132 valence electrons. The van der Waals surface area contributed by atoms with Crippen molar-refractivity contribution in [3.8, 4) is 0 Å². The Hall–Kier alpha value is -3.55. The molecule has 4 rings (SSSR count). The molecule has 8 heteroatoms. The fourth-order valence-electron chi connectivity index (χ4n) is 3.25. The van der Waals surface area contributed by atoms with E-state index in [0.29, 0.717) is 40.9 Å². The van der Waals surface area contributed by atoms with Crippen molar-refractivity contribution in [2.45, 2.75) is 6.42 Å². The molecule has 0 atom stereocenters. The average Bonchev–Trinajstić information content (AvgIpc) is 3.22. The lowest BCUT2D eigenvalue weighted by Gasteiger charge is -2.18. The number of nitrogens with one attached hydrogen (secondary N) is 3. The number of nitrogens with zero attached hydrogens (tertiary/aromatic N) is 1. The second-order valence-corrected chi connectivity index (χ2v) is 5.97. The van der Waals surface area contributed by atoms with Gasteiger partial charge < -0.3 is 20.0 Å². The van der Waals surface area contributed by atoms with Gasteiger partial charge in [-0.15, -0.1) is 0 Å². The highest BCUT2D eigenvalue weighted by molar-refractivity contribution is 6.05. The van der Waals surface area contributed by atoms with Crippen LogP contribution in [-0.2, 0) is 11.2 Å². The molecule has 3 N–H and O–H groups in total. The molecule has 0 aliphatic carbocycles. The summed E-state index contributed by atoms with van der Waals surface area (Å²) in [4.78, 5) is 42.8. The van der Waals surface area contributed by atoms with E-state index in [9.17, 15) is 14.4 Å². The predicted octanol–water partition coefficient (Wildman–Crippen LogP) is 2.24. The van der Waals surface area contributed by atoms with Gasteiger partial charge in [0.2, 0.25) is 0 Å². The summed E-state index contributed by atoms with van der Waals surface area (Å²) in [5, 5.41) is 2.82. The molecule has 0 bridgehead atoms. The number of esters is 1. The topological polar surface area (TPSA) is 107 Å². The summed E-state index contributed by atoms with van der Waals surface area (Å²) in [6.07, 6.45) is 0.582. The molecule has 1 aromatic heterocycles. The number of imidazole rings is 1. The first kappa shape index (κ1) is 15.9. The largest absolute Gasteiger partial charge is 0.465 e. The second kappa shape index (κ2) is 6.07. The predicted molar refractivity (Wildman–Crippen MR) is 96.8 cm³/mol. The van der Waals surface area contributed by atoms with Crippen LogP contribution >= 0.6 is 0 Å². The molecule has 2 heterocycles. The van der Waals surface area contributed by atoms with Crippen molar-refractivity contribution in [2.75, 3.05) is 23.9 Å². The van der Waals surface area contributed by atoms with Crippen molar-refractivity contribution in [3.63, 3.8) is 0 Å². The number of fused-ring (bicyclic) bond motifs is 2. The second-order valence-electron chi connectivity index (χ2n) is 5.97. The molecular formula is C18H16N4O4. The first-order valence-corrected chi connectivity index (χ1v) is 8.07. The molecule has 0 radical (unpaired) electrons. The van der Waals surface area contributed by atoms with Crippen LogP contribution in [0.4, 0.5) is 16.2 Å². The zero-order valence-electron chi connectivity index (χ0n) is 14.0. The molecule has 1 aliphatic heterocycles. The normalized spacial score (nSPS) is 12.9. The minimum atomic E-state index is -0.411. The van der Waals surface area contributed by atoms with Gasteiger partial charge in [0.05, 0.1) is 23.7 Å². The minimum absolute atomic E-state index is 0.299. The van der Waals surface area contributed by atoms with Gasteiger partial charge in [-0.25, -0.2) is 14.4 Å². The van der Waals surface area contributed by atoms with E-state index in [1.807, 2.05) is 0 Å². The maximum Gasteiger partial charge on any atom is 0.338 e. The summed E-state index contributed by atoms with van der Waals surface area (Å²) < 4.78 is 4.81. The summed E-state index contributed by atoms with van der Waals surface area (Å²) in [7, 11) is 1.34. The molecule has 26 heavy (non-hydrogen) atoms. The van der Waals surface area contributed by atoms with Gasteiger partial charge in [-0.2, -0.15) is 0 Å². The van der Waals surface area contributed by atoms with Gasteiger partial charge in [0.15, 0.2) is 0 Å². The Labute approximate surface area is 147 Å². The van der Waals surface area contributed by atoms with Crippen molar-refractivity contribution >= 4 is 34.4 Å². The van der Waals surface area contributed by atoms with E-state index >= 15 is 0 Å². The number of ether oxygens (including phenoxy) is 1. The van der Waals surface area contributed by atoms with Gasteiger partial charge >= 0.3 is 17.7 Å². The monoisotopic (exact) mass is 352 g/mol. The number of amides is 2. The summed E-state index contributed by atoms with van der Waals surface area (Å²) in [5.41, 5.74) is 3.53. The first-order chi connectivity index (χ1) is 12.6. The summed E-state index contributed by atoms with van der Waals surface area (Å²) >= 11 is 0. The van der Waals surface area contributed by atoms with Crippen molar-refractivity contribution < 1.29 is 14.3 Å². The molecule has 0 unspecified atom stereocenters. The number of methoxy groups -OCH3 is 1. The fourth-order valence-corrected chi connectivity index (χ4v) is 3.25. The first-order valence-electron chi connectivity index (χ1n) is 8.07. The van der Waals surface area contributed by atoms with E-state index in [0.717, 1.165) is 5.56 Å². The number of hydrogen-bond donors (Lipinski definition) is 3. The third-order valence-corrected chi connectivity index (χ3v) is 4.45. The number of urea groups is 1. The number of carbonyl (C=O) groups excluding carboxylic acids is 2. The highest BCUT2D eigenvalue weighted by Gasteiger charge is 2.28. The van der Waals surface area contributed by atoms with Gasteiger partial charge in [-0.05, 0) is 42.3 Å². The van der Waals surface area contributed by atoms with Crippen LogP contribution in [0.2, 0.25) is 0 Å². The Morgan fingerprint density at radius 2 is 1.96 bits per heavy atom. The Morgan fingerprint density at radius 1 is 1.15 bits per heavy atom. The van der Waals surface area contributed by atoms with E-state index in [1.165, 1.54) is 7.11 Å². The average molecular weight is 352 g/mol. The van der Waals surface area contributed by atoms with Gasteiger partial charge in [-0.1, -0.05) is 6.07 Å². The Morgan fingerprint density at radius 3 is 2.77 bits per heavy atom.